The number of aromatic nitrogens is 5. The summed E-state index contributed by atoms with van der Waals surface area (Å²) in [5.74, 6) is 0.692. The molecule has 1 unspecified atom stereocenters. The molecule has 8 heteroatoms. The fourth-order valence-electron chi connectivity index (χ4n) is 4.76. The fourth-order valence-corrected chi connectivity index (χ4v) is 4.76. The van der Waals surface area contributed by atoms with Crippen LogP contribution in [-0.4, -0.2) is 68.2 Å². The van der Waals surface area contributed by atoms with E-state index in [1.54, 1.807) is 0 Å². The van der Waals surface area contributed by atoms with E-state index in [9.17, 15) is 4.79 Å². The zero-order chi connectivity index (χ0) is 22.9. The van der Waals surface area contributed by atoms with Gasteiger partial charge >= 0.3 is 0 Å². The van der Waals surface area contributed by atoms with Gasteiger partial charge in [0, 0.05) is 31.7 Å². The van der Waals surface area contributed by atoms with Gasteiger partial charge in [-0.3, -0.25) is 9.69 Å². The highest BCUT2D eigenvalue weighted by Gasteiger charge is 2.32. The minimum atomic E-state index is -0.327. The molecule has 4 aromatic rings. The minimum absolute atomic E-state index is 0.0901. The van der Waals surface area contributed by atoms with Crippen LogP contribution in [0.2, 0.25) is 0 Å². The zero-order valence-electron chi connectivity index (χ0n) is 19.3. The molecule has 0 radical (unpaired) electrons. The average molecular weight is 444 g/mol. The molecule has 1 aliphatic rings. The van der Waals surface area contributed by atoms with Crippen molar-refractivity contribution in [1.82, 2.24) is 35.0 Å². The van der Waals surface area contributed by atoms with Gasteiger partial charge in [-0.25, -0.2) is 4.68 Å². The van der Waals surface area contributed by atoms with Gasteiger partial charge in [-0.1, -0.05) is 42.0 Å². The maximum Gasteiger partial charge on any atom is 0.253 e. The SMILES string of the molecule is Cc1cc(C)c2[nH]c(=O)c(C(c3nnnn3Cc3ccccc3)N3CCN(C)CC3)cc2c1. The summed E-state index contributed by atoms with van der Waals surface area (Å²) >= 11 is 0. The van der Waals surface area contributed by atoms with Gasteiger partial charge in [0.15, 0.2) is 5.82 Å². The third-order valence-electron chi connectivity index (χ3n) is 6.50. The van der Waals surface area contributed by atoms with Crippen LogP contribution in [0.5, 0.6) is 0 Å². The van der Waals surface area contributed by atoms with Gasteiger partial charge in [-0.2, -0.15) is 0 Å². The lowest BCUT2D eigenvalue weighted by Gasteiger charge is -2.37. The van der Waals surface area contributed by atoms with Gasteiger partial charge in [0.05, 0.1) is 12.1 Å². The molecule has 1 atom stereocenters. The number of hydrogen-bond acceptors (Lipinski definition) is 6. The van der Waals surface area contributed by atoms with Crippen molar-refractivity contribution >= 4 is 10.9 Å². The molecule has 1 aliphatic heterocycles. The minimum Gasteiger partial charge on any atom is -0.321 e. The third-order valence-corrected chi connectivity index (χ3v) is 6.50. The molecule has 0 amide bonds. The largest absolute Gasteiger partial charge is 0.321 e. The van der Waals surface area contributed by atoms with Crippen molar-refractivity contribution in [3.8, 4) is 0 Å². The first-order valence-electron chi connectivity index (χ1n) is 11.4. The highest BCUT2D eigenvalue weighted by Crippen LogP contribution is 2.29. The molecule has 170 valence electrons. The van der Waals surface area contributed by atoms with Crippen LogP contribution in [0.4, 0.5) is 0 Å². The van der Waals surface area contributed by atoms with Crippen molar-refractivity contribution < 1.29 is 0 Å². The quantitative estimate of drug-likeness (QED) is 0.510. The number of aryl methyl sites for hydroxylation is 2. The fraction of sp³-hybridized carbons (Fsp3) is 0.360. The second kappa shape index (κ2) is 8.88. The Morgan fingerprint density at radius 3 is 2.55 bits per heavy atom. The van der Waals surface area contributed by atoms with Crippen LogP contribution in [0.3, 0.4) is 0 Å². The molecular formula is C25H29N7O. The number of tetrazole rings is 1. The molecule has 2 aromatic carbocycles. The smallest absolute Gasteiger partial charge is 0.253 e. The Labute approximate surface area is 192 Å². The van der Waals surface area contributed by atoms with Crippen LogP contribution < -0.4 is 5.56 Å². The molecular weight excluding hydrogens is 414 g/mol. The molecule has 1 N–H and O–H groups in total. The Kier molecular flexibility index (Phi) is 5.78. The summed E-state index contributed by atoms with van der Waals surface area (Å²) in [6.07, 6.45) is 0. The Bertz CT molecular complexity index is 1320. The summed E-state index contributed by atoms with van der Waals surface area (Å²) in [5.41, 5.74) is 4.83. The number of fused-ring (bicyclic) bond motifs is 1. The Balaban J connectivity index is 1.63. The number of nitrogens with zero attached hydrogens (tertiary/aromatic N) is 6. The summed E-state index contributed by atoms with van der Waals surface area (Å²) in [6.45, 7) is 8.20. The number of aromatic amines is 1. The van der Waals surface area contributed by atoms with E-state index in [1.807, 2.05) is 35.9 Å². The van der Waals surface area contributed by atoms with Crippen molar-refractivity contribution in [2.75, 3.05) is 33.2 Å². The first-order valence-corrected chi connectivity index (χ1v) is 11.4. The molecule has 33 heavy (non-hydrogen) atoms. The van der Waals surface area contributed by atoms with Gasteiger partial charge < -0.3 is 9.88 Å². The normalized spacial score (nSPS) is 16.3. The number of likely N-dealkylation sites (N-methyl/N-ethyl adjacent to an activating group) is 1. The second-order valence-electron chi connectivity index (χ2n) is 9.02. The van der Waals surface area contributed by atoms with Gasteiger partial charge in [0.2, 0.25) is 0 Å². The molecule has 2 aromatic heterocycles. The van der Waals surface area contributed by atoms with E-state index in [1.165, 1.54) is 5.56 Å². The van der Waals surface area contributed by atoms with Crippen LogP contribution in [0.1, 0.15) is 34.1 Å². The molecule has 0 bridgehead atoms. The van der Waals surface area contributed by atoms with Crippen molar-refractivity contribution in [2.24, 2.45) is 0 Å². The van der Waals surface area contributed by atoms with Crippen LogP contribution >= 0.6 is 0 Å². The van der Waals surface area contributed by atoms with Gasteiger partial charge in [0.25, 0.3) is 5.56 Å². The van der Waals surface area contributed by atoms with Crippen molar-refractivity contribution in [3.63, 3.8) is 0 Å². The lowest BCUT2D eigenvalue weighted by molar-refractivity contribution is 0.121. The van der Waals surface area contributed by atoms with Gasteiger partial charge in [0.1, 0.15) is 6.04 Å². The number of nitrogens with one attached hydrogen (secondary N) is 1. The predicted molar refractivity (Wildman–Crippen MR) is 128 cm³/mol. The van der Waals surface area contributed by atoms with Gasteiger partial charge in [-0.15, -0.1) is 5.10 Å². The Morgan fingerprint density at radius 2 is 1.79 bits per heavy atom. The van der Waals surface area contributed by atoms with Crippen LogP contribution in [0.15, 0.2) is 53.3 Å². The van der Waals surface area contributed by atoms with E-state index in [-0.39, 0.29) is 11.6 Å². The van der Waals surface area contributed by atoms with E-state index in [0.717, 1.165) is 48.2 Å². The number of pyridine rings is 1. The average Bonchev–Trinajstić information content (AvgIpc) is 3.24. The number of H-pyrrole nitrogens is 1. The topological polar surface area (TPSA) is 82.9 Å². The van der Waals surface area contributed by atoms with E-state index >= 15 is 0 Å². The van der Waals surface area contributed by atoms with Gasteiger partial charge in [-0.05, 0) is 60.0 Å². The van der Waals surface area contributed by atoms with Crippen LogP contribution in [0, 0.1) is 13.8 Å². The highest BCUT2D eigenvalue weighted by molar-refractivity contribution is 5.83. The lowest BCUT2D eigenvalue weighted by atomic mass is 10.00. The number of hydrogen-bond donors (Lipinski definition) is 1. The maximum absolute atomic E-state index is 13.4. The molecule has 0 spiro atoms. The molecule has 1 saturated heterocycles. The van der Waals surface area contributed by atoms with Crippen molar-refractivity contribution in [1.29, 1.82) is 0 Å². The molecule has 0 saturated carbocycles. The predicted octanol–water partition coefficient (Wildman–Crippen LogP) is 2.52. The molecule has 3 heterocycles. The van der Waals surface area contributed by atoms with E-state index in [4.69, 9.17) is 0 Å². The Hall–Kier alpha value is -3.36. The van der Waals surface area contributed by atoms with Crippen LogP contribution in [0.25, 0.3) is 10.9 Å². The van der Waals surface area contributed by atoms with Crippen LogP contribution in [-0.2, 0) is 6.54 Å². The number of benzene rings is 2. The summed E-state index contributed by atoms with van der Waals surface area (Å²) in [4.78, 5) is 21.2. The summed E-state index contributed by atoms with van der Waals surface area (Å²) in [7, 11) is 2.13. The third kappa shape index (κ3) is 4.31. The standard InChI is InChI=1S/C25H29N7O/c1-17-13-18(2)22-20(14-17)15-21(25(33)26-22)23(31-11-9-30(3)10-12-31)24-27-28-29-32(24)16-19-7-5-4-6-8-19/h4-8,13-15,23H,9-12,16H2,1-3H3,(H,26,33). The maximum atomic E-state index is 13.4. The summed E-state index contributed by atoms with van der Waals surface area (Å²) in [5, 5.41) is 13.8. The number of piperazine rings is 1. The first-order chi connectivity index (χ1) is 16.0. The number of rotatable bonds is 5. The zero-order valence-corrected chi connectivity index (χ0v) is 19.3. The van der Waals surface area contributed by atoms with Crippen molar-refractivity contribution in [3.05, 3.63) is 87.0 Å². The molecule has 8 nitrogen and oxygen atoms in total. The second-order valence-corrected chi connectivity index (χ2v) is 9.02. The lowest BCUT2D eigenvalue weighted by Crippen LogP contribution is -2.47. The molecule has 5 rings (SSSR count). The van der Waals surface area contributed by atoms with E-state index in [2.05, 4.69) is 68.5 Å². The first kappa shape index (κ1) is 21.5. The van der Waals surface area contributed by atoms with Crippen molar-refractivity contribution in [2.45, 2.75) is 26.4 Å². The summed E-state index contributed by atoms with van der Waals surface area (Å²) < 4.78 is 1.82. The molecule has 0 aliphatic carbocycles. The molecule has 1 fully saturated rings. The highest BCUT2D eigenvalue weighted by atomic mass is 16.1. The van der Waals surface area contributed by atoms with E-state index in [0.29, 0.717) is 17.9 Å². The Morgan fingerprint density at radius 1 is 1.03 bits per heavy atom. The van der Waals surface area contributed by atoms with E-state index < -0.39 is 0 Å². The summed E-state index contributed by atoms with van der Waals surface area (Å²) in [6, 6.07) is 16.0. The monoisotopic (exact) mass is 443 g/mol.